The van der Waals surface area contributed by atoms with Crippen molar-refractivity contribution in [1.82, 2.24) is 4.31 Å². The van der Waals surface area contributed by atoms with Gasteiger partial charge in [0.2, 0.25) is 15.9 Å². The first-order valence-electron chi connectivity index (χ1n) is 8.24. The Kier molecular flexibility index (Phi) is 6.33. The Bertz CT molecular complexity index is 818. The van der Waals surface area contributed by atoms with Gasteiger partial charge in [-0.2, -0.15) is 0 Å². The molecule has 0 fully saturated rings. The maximum absolute atomic E-state index is 12.7. The van der Waals surface area contributed by atoms with Crippen molar-refractivity contribution in [1.29, 1.82) is 0 Å². The number of hydrogen-bond donors (Lipinski definition) is 1. The van der Waals surface area contributed by atoms with Crippen LogP contribution in [0.25, 0.3) is 0 Å². The smallest absolute Gasteiger partial charge is 0.242 e. The minimum absolute atomic E-state index is 0.132. The van der Waals surface area contributed by atoms with E-state index in [1.165, 1.54) is 26.2 Å². The molecule has 0 radical (unpaired) electrons. The van der Waals surface area contributed by atoms with Crippen LogP contribution in [-0.2, 0) is 14.8 Å². The van der Waals surface area contributed by atoms with Crippen LogP contribution in [0.3, 0.4) is 0 Å². The Morgan fingerprint density at radius 2 is 1.76 bits per heavy atom. The Hall–Kier alpha value is -2.18. The lowest BCUT2D eigenvalue weighted by Crippen LogP contribution is -2.23. The van der Waals surface area contributed by atoms with Crippen molar-refractivity contribution in [2.45, 2.75) is 30.6 Å². The lowest BCUT2D eigenvalue weighted by Gasteiger charge is -2.17. The van der Waals surface area contributed by atoms with Crippen LogP contribution in [0.4, 0.5) is 5.69 Å². The number of benzene rings is 2. The van der Waals surface area contributed by atoms with Crippen LogP contribution in [0.5, 0.6) is 0 Å². The maximum atomic E-state index is 12.7. The first-order valence-corrected chi connectivity index (χ1v) is 9.68. The first-order chi connectivity index (χ1) is 11.9. The zero-order chi connectivity index (χ0) is 18.4. The number of rotatable bonds is 7. The van der Waals surface area contributed by atoms with E-state index in [0.29, 0.717) is 5.69 Å². The van der Waals surface area contributed by atoms with Crippen molar-refractivity contribution < 1.29 is 13.2 Å². The van der Waals surface area contributed by atoms with Crippen LogP contribution in [0.1, 0.15) is 31.2 Å². The third kappa shape index (κ3) is 4.67. The lowest BCUT2D eigenvalue weighted by atomic mass is 9.93. The number of anilines is 1. The molecule has 0 saturated heterocycles. The van der Waals surface area contributed by atoms with Crippen LogP contribution < -0.4 is 5.32 Å². The van der Waals surface area contributed by atoms with Crippen molar-refractivity contribution in [3.63, 3.8) is 0 Å². The van der Waals surface area contributed by atoms with Crippen molar-refractivity contribution in [2.24, 2.45) is 0 Å². The van der Waals surface area contributed by atoms with Gasteiger partial charge in [0.25, 0.3) is 0 Å². The molecule has 0 spiro atoms. The minimum Gasteiger partial charge on any atom is -0.326 e. The summed E-state index contributed by atoms with van der Waals surface area (Å²) in [6.07, 6.45) is 1.60. The van der Waals surface area contributed by atoms with Crippen LogP contribution in [0.2, 0.25) is 0 Å². The van der Waals surface area contributed by atoms with Gasteiger partial charge in [0, 0.05) is 19.8 Å². The molecule has 25 heavy (non-hydrogen) atoms. The number of carbonyl (C=O) groups excluding carboxylic acids is 1. The second kappa shape index (κ2) is 8.27. The standard InChI is InChI=1S/C19H24N2O3S/c1-4-9-18(15-10-6-5-7-11-15)19(22)20-16-12-8-13-17(14-16)25(23,24)21(2)3/h5-8,10-14,18H,4,9H2,1-3H3,(H,20,22)/t18-/m0/s1. The third-order valence-electron chi connectivity index (χ3n) is 3.98. The summed E-state index contributed by atoms with van der Waals surface area (Å²) >= 11 is 0. The quantitative estimate of drug-likeness (QED) is 0.822. The molecular formula is C19H24N2O3S. The molecule has 134 valence electrons. The van der Waals surface area contributed by atoms with Crippen LogP contribution in [0.15, 0.2) is 59.5 Å². The number of amides is 1. The van der Waals surface area contributed by atoms with Crippen molar-refractivity contribution >= 4 is 21.6 Å². The van der Waals surface area contributed by atoms with Crippen molar-refractivity contribution in [3.05, 3.63) is 60.2 Å². The summed E-state index contributed by atoms with van der Waals surface area (Å²) in [4.78, 5) is 12.9. The Morgan fingerprint density at radius 1 is 1.08 bits per heavy atom. The molecule has 1 N–H and O–H groups in total. The molecule has 1 atom stereocenters. The molecule has 2 aromatic rings. The molecule has 5 nitrogen and oxygen atoms in total. The van der Waals surface area contributed by atoms with E-state index >= 15 is 0 Å². The summed E-state index contributed by atoms with van der Waals surface area (Å²) in [5.41, 5.74) is 1.43. The Morgan fingerprint density at radius 3 is 2.36 bits per heavy atom. The van der Waals surface area contributed by atoms with E-state index in [0.717, 1.165) is 22.7 Å². The van der Waals surface area contributed by atoms with Gasteiger partial charge in [-0.25, -0.2) is 12.7 Å². The van der Waals surface area contributed by atoms with Crippen molar-refractivity contribution in [2.75, 3.05) is 19.4 Å². The third-order valence-corrected chi connectivity index (χ3v) is 5.79. The predicted octanol–water partition coefficient (Wildman–Crippen LogP) is 3.46. The first kappa shape index (κ1) is 19.1. The second-order valence-electron chi connectivity index (χ2n) is 6.06. The highest BCUT2D eigenvalue weighted by Gasteiger charge is 2.21. The van der Waals surface area contributed by atoms with Gasteiger partial charge in [0.1, 0.15) is 0 Å². The van der Waals surface area contributed by atoms with Gasteiger partial charge >= 0.3 is 0 Å². The van der Waals surface area contributed by atoms with E-state index < -0.39 is 10.0 Å². The normalized spacial score (nSPS) is 12.8. The van der Waals surface area contributed by atoms with E-state index in [2.05, 4.69) is 5.32 Å². The molecule has 0 aliphatic rings. The van der Waals surface area contributed by atoms with Gasteiger partial charge in [-0.15, -0.1) is 0 Å². The number of hydrogen-bond acceptors (Lipinski definition) is 3. The average Bonchev–Trinajstić information content (AvgIpc) is 2.60. The largest absolute Gasteiger partial charge is 0.326 e. The fraction of sp³-hybridized carbons (Fsp3) is 0.316. The number of sulfonamides is 1. The van der Waals surface area contributed by atoms with Crippen LogP contribution in [-0.4, -0.2) is 32.7 Å². The summed E-state index contributed by atoms with van der Waals surface area (Å²) in [5, 5.41) is 2.85. The topological polar surface area (TPSA) is 66.5 Å². The summed E-state index contributed by atoms with van der Waals surface area (Å²) in [5.74, 6) is -0.396. The fourth-order valence-electron chi connectivity index (χ4n) is 2.60. The van der Waals surface area contributed by atoms with Gasteiger partial charge in [0.15, 0.2) is 0 Å². The zero-order valence-electron chi connectivity index (χ0n) is 14.8. The van der Waals surface area contributed by atoms with Gasteiger partial charge in [-0.05, 0) is 30.2 Å². The predicted molar refractivity (Wildman–Crippen MR) is 100 cm³/mol. The molecule has 2 rings (SSSR count). The van der Waals surface area contributed by atoms with Crippen LogP contribution >= 0.6 is 0 Å². The Balaban J connectivity index is 2.25. The molecular weight excluding hydrogens is 336 g/mol. The molecule has 2 aromatic carbocycles. The molecule has 6 heteroatoms. The zero-order valence-corrected chi connectivity index (χ0v) is 15.6. The maximum Gasteiger partial charge on any atom is 0.242 e. The van der Waals surface area contributed by atoms with E-state index in [1.54, 1.807) is 12.1 Å². The number of carbonyl (C=O) groups is 1. The molecule has 0 heterocycles. The molecule has 0 unspecified atom stereocenters. The SMILES string of the molecule is CCC[C@H](C(=O)Nc1cccc(S(=O)(=O)N(C)C)c1)c1ccccc1. The second-order valence-corrected chi connectivity index (χ2v) is 8.21. The summed E-state index contributed by atoms with van der Waals surface area (Å²) in [6.45, 7) is 2.04. The molecule has 0 saturated carbocycles. The van der Waals surface area contributed by atoms with Gasteiger partial charge in [-0.1, -0.05) is 49.7 Å². The Labute approximate surface area is 149 Å². The molecule has 0 bridgehead atoms. The molecule has 0 aromatic heterocycles. The average molecular weight is 360 g/mol. The number of nitrogens with one attached hydrogen (secondary N) is 1. The highest BCUT2D eigenvalue weighted by molar-refractivity contribution is 7.89. The molecule has 0 aliphatic heterocycles. The highest BCUT2D eigenvalue weighted by Crippen LogP contribution is 2.24. The number of nitrogens with zero attached hydrogens (tertiary/aromatic N) is 1. The minimum atomic E-state index is -3.54. The van der Waals surface area contributed by atoms with Gasteiger partial charge in [0.05, 0.1) is 10.8 Å². The van der Waals surface area contributed by atoms with E-state index in [-0.39, 0.29) is 16.7 Å². The monoisotopic (exact) mass is 360 g/mol. The van der Waals surface area contributed by atoms with Gasteiger partial charge < -0.3 is 5.32 Å². The highest BCUT2D eigenvalue weighted by atomic mass is 32.2. The van der Waals surface area contributed by atoms with E-state index in [4.69, 9.17) is 0 Å². The van der Waals surface area contributed by atoms with E-state index in [1.807, 2.05) is 37.3 Å². The lowest BCUT2D eigenvalue weighted by molar-refractivity contribution is -0.117. The summed E-state index contributed by atoms with van der Waals surface area (Å²) in [6, 6.07) is 15.9. The summed E-state index contributed by atoms with van der Waals surface area (Å²) in [7, 11) is -0.577. The van der Waals surface area contributed by atoms with Crippen LogP contribution in [0, 0.1) is 0 Å². The molecule has 0 aliphatic carbocycles. The van der Waals surface area contributed by atoms with E-state index in [9.17, 15) is 13.2 Å². The van der Waals surface area contributed by atoms with Gasteiger partial charge in [-0.3, -0.25) is 4.79 Å². The molecule has 1 amide bonds. The fourth-order valence-corrected chi connectivity index (χ4v) is 3.55. The summed E-state index contributed by atoms with van der Waals surface area (Å²) < 4.78 is 25.6. The van der Waals surface area contributed by atoms with Crippen molar-refractivity contribution in [3.8, 4) is 0 Å².